The van der Waals surface area contributed by atoms with E-state index in [1.165, 1.54) is 0 Å². The Labute approximate surface area is 127 Å². The molecule has 2 unspecified atom stereocenters. The Morgan fingerprint density at radius 1 is 1.43 bits per heavy atom. The standard InChI is InChI=1S/C16H25NO3S/c1-3-17-16(15-7-8-20-10-15)12-21(18,19)11-14-6-4-5-13(2)9-14/h4-6,9,15-17H,3,7-8,10-12H2,1-2H3. The van der Waals surface area contributed by atoms with E-state index in [0.717, 1.165) is 30.7 Å². The third-order valence-corrected chi connectivity index (χ3v) is 5.54. The van der Waals surface area contributed by atoms with Gasteiger partial charge in [-0.25, -0.2) is 8.42 Å². The van der Waals surface area contributed by atoms with Gasteiger partial charge in [-0.1, -0.05) is 36.8 Å². The van der Waals surface area contributed by atoms with Crippen LogP contribution in [0.4, 0.5) is 0 Å². The minimum Gasteiger partial charge on any atom is -0.381 e. The second-order valence-corrected chi connectivity index (χ2v) is 7.94. The van der Waals surface area contributed by atoms with Gasteiger partial charge < -0.3 is 10.1 Å². The first-order valence-corrected chi connectivity index (χ1v) is 9.39. The summed E-state index contributed by atoms with van der Waals surface area (Å²) in [7, 11) is -3.13. The number of hydrogen-bond donors (Lipinski definition) is 1. The van der Waals surface area contributed by atoms with Crippen molar-refractivity contribution in [2.75, 3.05) is 25.5 Å². The number of nitrogens with one attached hydrogen (secondary N) is 1. The molecule has 0 amide bonds. The zero-order chi connectivity index (χ0) is 15.3. The Bertz CT molecular complexity index is 550. The van der Waals surface area contributed by atoms with E-state index in [2.05, 4.69) is 5.32 Å². The van der Waals surface area contributed by atoms with Gasteiger partial charge in [-0.3, -0.25) is 0 Å². The SMILES string of the molecule is CCNC(CS(=O)(=O)Cc1cccc(C)c1)C1CCOC1. The second-order valence-electron chi connectivity index (χ2n) is 5.83. The highest BCUT2D eigenvalue weighted by atomic mass is 32.2. The van der Waals surface area contributed by atoms with E-state index in [9.17, 15) is 8.42 Å². The highest BCUT2D eigenvalue weighted by molar-refractivity contribution is 7.90. The molecule has 0 aromatic heterocycles. The third kappa shape index (κ3) is 5.09. The van der Waals surface area contributed by atoms with Gasteiger partial charge in [0.1, 0.15) is 0 Å². The van der Waals surface area contributed by atoms with Crippen LogP contribution in [0.5, 0.6) is 0 Å². The maximum absolute atomic E-state index is 12.5. The summed E-state index contributed by atoms with van der Waals surface area (Å²) in [5.41, 5.74) is 1.96. The molecule has 0 spiro atoms. The van der Waals surface area contributed by atoms with Gasteiger partial charge in [-0.15, -0.1) is 0 Å². The Kier molecular flexibility index (Phi) is 5.79. The van der Waals surface area contributed by atoms with Crippen molar-refractivity contribution in [2.24, 2.45) is 5.92 Å². The Hall–Kier alpha value is -0.910. The maximum atomic E-state index is 12.5. The third-order valence-electron chi connectivity index (χ3n) is 3.90. The summed E-state index contributed by atoms with van der Waals surface area (Å²) in [5, 5.41) is 3.32. The van der Waals surface area contributed by atoms with Crippen molar-refractivity contribution >= 4 is 9.84 Å². The molecular weight excluding hydrogens is 286 g/mol. The molecule has 4 nitrogen and oxygen atoms in total. The van der Waals surface area contributed by atoms with Gasteiger partial charge >= 0.3 is 0 Å². The van der Waals surface area contributed by atoms with Gasteiger partial charge in [0.2, 0.25) is 0 Å². The fraction of sp³-hybridized carbons (Fsp3) is 0.625. The van der Waals surface area contributed by atoms with Crippen LogP contribution in [-0.4, -0.2) is 40.0 Å². The quantitative estimate of drug-likeness (QED) is 0.836. The van der Waals surface area contributed by atoms with Gasteiger partial charge in [0.05, 0.1) is 18.1 Å². The topological polar surface area (TPSA) is 55.4 Å². The fourth-order valence-corrected chi connectivity index (χ4v) is 4.62. The molecule has 0 bridgehead atoms. The van der Waals surface area contributed by atoms with Gasteiger partial charge in [0, 0.05) is 18.6 Å². The molecule has 1 aliphatic heterocycles. The number of rotatable bonds is 7. The largest absolute Gasteiger partial charge is 0.381 e. The second kappa shape index (κ2) is 7.38. The Morgan fingerprint density at radius 3 is 2.86 bits per heavy atom. The first-order chi connectivity index (χ1) is 10.00. The highest BCUT2D eigenvalue weighted by Crippen LogP contribution is 2.19. The van der Waals surface area contributed by atoms with Crippen LogP contribution in [0, 0.1) is 12.8 Å². The lowest BCUT2D eigenvalue weighted by molar-refractivity contribution is 0.179. The predicted octanol–water partition coefficient (Wildman–Crippen LogP) is 1.92. The number of benzene rings is 1. The molecule has 21 heavy (non-hydrogen) atoms. The first kappa shape index (κ1) is 16.5. The summed E-state index contributed by atoms with van der Waals surface area (Å²) in [5.74, 6) is 0.602. The maximum Gasteiger partial charge on any atom is 0.155 e. The number of sulfone groups is 1. The van der Waals surface area contributed by atoms with Crippen LogP contribution >= 0.6 is 0 Å². The van der Waals surface area contributed by atoms with Crippen LogP contribution in [0.25, 0.3) is 0 Å². The molecule has 0 radical (unpaired) electrons. The summed E-state index contributed by atoms with van der Waals surface area (Å²) >= 11 is 0. The lowest BCUT2D eigenvalue weighted by Gasteiger charge is -2.23. The molecule has 1 N–H and O–H groups in total. The number of hydrogen-bond acceptors (Lipinski definition) is 4. The minimum absolute atomic E-state index is 0.00712. The van der Waals surface area contributed by atoms with E-state index in [-0.39, 0.29) is 17.5 Å². The molecule has 2 atom stereocenters. The van der Waals surface area contributed by atoms with Crippen LogP contribution in [0.2, 0.25) is 0 Å². The number of aryl methyl sites for hydroxylation is 1. The van der Waals surface area contributed by atoms with Crippen molar-refractivity contribution < 1.29 is 13.2 Å². The van der Waals surface area contributed by atoms with Gasteiger partial charge in [0.25, 0.3) is 0 Å². The van der Waals surface area contributed by atoms with Crippen molar-refractivity contribution in [3.63, 3.8) is 0 Å². The fourth-order valence-electron chi connectivity index (χ4n) is 2.88. The van der Waals surface area contributed by atoms with Crippen molar-refractivity contribution in [2.45, 2.75) is 32.1 Å². The first-order valence-electron chi connectivity index (χ1n) is 7.57. The Morgan fingerprint density at radius 2 is 2.24 bits per heavy atom. The number of ether oxygens (including phenoxy) is 1. The van der Waals surface area contributed by atoms with E-state index in [1.54, 1.807) is 0 Å². The summed E-state index contributed by atoms with van der Waals surface area (Å²) in [6.07, 6.45) is 0.942. The summed E-state index contributed by atoms with van der Waals surface area (Å²) in [6.45, 7) is 6.17. The molecule has 1 heterocycles. The molecule has 118 valence electrons. The lowest BCUT2D eigenvalue weighted by atomic mass is 10.0. The van der Waals surface area contributed by atoms with Crippen LogP contribution in [0.3, 0.4) is 0 Å². The van der Waals surface area contributed by atoms with Crippen LogP contribution in [-0.2, 0) is 20.3 Å². The van der Waals surface area contributed by atoms with E-state index in [0.29, 0.717) is 12.5 Å². The molecular formula is C16H25NO3S. The molecule has 0 aliphatic carbocycles. The lowest BCUT2D eigenvalue weighted by Crippen LogP contribution is -2.42. The predicted molar refractivity (Wildman–Crippen MR) is 85.1 cm³/mol. The van der Waals surface area contributed by atoms with Crippen molar-refractivity contribution in [1.29, 1.82) is 0 Å². The summed E-state index contributed by atoms with van der Waals surface area (Å²) < 4.78 is 30.3. The zero-order valence-corrected chi connectivity index (χ0v) is 13.7. The van der Waals surface area contributed by atoms with Crippen molar-refractivity contribution in [3.8, 4) is 0 Å². The molecule has 0 saturated carbocycles. The zero-order valence-electron chi connectivity index (χ0n) is 12.8. The van der Waals surface area contributed by atoms with E-state index >= 15 is 0 Å². The molecule has 1 aromatic rings. The molecule has 1 aliphatic rings. The normalized spacial score (nSPS) is 20.6. The van der Waals surface area contributed by atoms with Crippen molar-refractivity contribution in [1.82, 2.24) is 5.32 Å². The van der Waals surface area contributed by atoms with Crippen LogP contribution in [0.1, 0.15) is 24.5 Å². The average Bonchev–Trinajstić information content (AvgIpc) is 2.91. The Balaban J connectivity index is 2.03. The summed E-state index contributed by atoms with van der Waals surface area (Å²) in [6, 6.07) is 7.71. The summed E-state index contributed by atoms with van der Waals surface area (Å²) in [4.78, 5) is 0. The molecule has 5 heteroatoms. The van der Waals surface area contributed by atoms with Gasteiger partial charge in [-0.2, -0.15) is 0 Å². The van der Waals surface area contributed by atoms with E-state index in [1.807, 2.05) is 38.1 Å². The minimum atomic E-state index is -3.13. The molecule has 2 rings (SSSR count). The van der Waals surface area contributed by atoms with Gasteiger partial charge in [0.15, 0.2) is 9.84 Å². The van der Waals surface area contributed by atoms with E-state index in [4.69, 9.17) is 4.74 Å². The van der Waals surface area contributed by atoms with Crippen molar-refractivity contribution in [3.05, 3.63) is 35.4 Å². The van der Waals surface area contributed by atoms with Crippen LogP contribution < -0.4 is 5.32 Å². The highest BCUT2D eigenvalue weighted by Gasteiger charge is 2.29. The van der Waals surface area contributed by atoms with Gasteiger partial charge in [-0.05, 0) is 25.5 Å². The van der Waals surface area contributed by atoms with Crippen LogP contribution in [0.15, 0.2) is 24.3 Å². The average molecular weight is 311 g/mol. The molecule has 1 fully saturated rings. The smallest absolute Gasteiger partial charge is 0.155 e. The monoisotopic (exact) mass is 311 g/mol. The van der Waals surface area contributed by atoms with E-state index < -0.39 is 9.84 Å². The molecule has 1 saturated heterocycles. The molecule has 1 aromatic carbocycles.